The molecule has 1 heterocycles. The van der Waals surface area contributed by atoms with E-state index in [1.54, 1.807) is 12.1 Å². The molecular formula is C22H23FN4O8. The van der Waals surface area contributed by atoms with E-state index in [9.17, 15) is 39.3 Å². The third kappa shape index (κ3) is 5.87. The summed E-state index contributed by atoms with van der Waals surface area (Å²) in [5, 5.41) is 31.8. The van der Waals surface area contributed by atoms with Gasteiger partial charge < -0.3 is 14.7 Å². The van der Waals surface area contributed by atoms with Crippen molar-refractivity contribution in [3.63, 3.8) is 0 Å². The van der Waals surface area contributed by atoms with Gasteiger partial charge in [0, 0.05) is 37.8 Å². The SMILES string of the molecule is C[C@@H]1CN(C(=O)COc2c(C(=O)O)cc([N+](=O)[O-])cc2[N+](=O)[O-])[C@@H](C)CN1Cc1ccc(F)cc1. The molecule has 2 aromatic carbocycles. The normalized spacial score (nSPS) is 18.2. The second kappa shape index (κ2) is 10.4. The number of carbonyl (C=O) groups is 2. The number of benzene rings is 2. The Labute approximate surface area is 198 Å². The van der Waals surface area contributed by atoms with E-state index in [1.165, 1.54) is 17.0 Å². The highest BCUT2D eigenvalue weighted by atomic mass is 19.1. The Morgan fingerprint density at radius 1 is 1.09 bits per heavy atom. The highest BCUT2D eigenvalue weighted by Gasteiger charge is 2.34. The van der Waals surface area contributed by atoms with E-state index < -0.39 is 51.0 Å². The van der Waals surface area contributed by atoms with Crippen LogP contribution in [0.4, 0.5) is 15.8 Å². The molecular weight excluding hydrogens is 467 g/mol. The lowest BCUT2D eigenvalue weighted by atomic mass is 10.1. The van der Waals surface area contributed by atoms with Gasteiger partial charge in [-0.15, -0.1) is 0 Å². The lowest BCUT2D eigenvalue weighted by molar-refractivity contribution is -0.394. The van der Waals surface area contributed by atoms with Crippen molar-refractivity contribution in [3.8, 4) is 5.75 Å². The van der Waals surface area contributed by atoms with Crippen LogP contribution in [0.3, 0.4) is 0 Å². The van der Waals surface area contributed by atoms with Crippen LogP contribution in [0.5, 0.6) is 5.75 Å². The quantitative estimate of drug-likeness (QED) is 0.434. The highest BCUT2D eigenvalue weighted by molar-refractivity contribution is 5.94. The topological polar surface area (TPSA) is 156 Å². The van der Waals surface area contributed by atoms with Crippen LogP contribution in [0.25, 0.3) is 0 Å². The molecule has 186 valence electrons. The standard InChI is InChI=1S/C22H23FN4O8/c1-13-10-25(14(2)9-24(13)11-15-3-5-16(23)6-4-15)20(28)12-35-21-18(22(29)30)7-17(26(31)32)8-19(21)27(33)34/h3-8,13-14H,9-12H2,1-2H3,(H,29,30)/t13-,14+/m1/s1. The summed E-state index contributed by atoms with van der Waals surface area (Å²) in [6, 6.07) is 7.05. The predicted molar refractivity (Wildman–Crippen MR) is 120 cm³/mol. The molecule has 1 amide bonds. The third-order valence-corrected chi connectivity index (χ3v) is 5.77. The van der Waals surface area contributed by atoms with E-state index in [1.807, 2.05) is 13.8 Å². The number of hydrogen-bond donors (Lipinski definition) is 1. The molecule has 0 radical (unpaired) electrons. The number of amides is 1. The van der Waals surface area contributed by atoms with Crippen molar-refractivity contribution in [2.45, 2.75) is 32.5 Å². The van der Waals surface area contributed by atoms with Gasteiger partial charge in [-0.3, -0.25) is 29.9 Å². The number of halogens is 1. The van der Waals surface area contributed by atoms with Crippen molar-refractivity contribution in [2.24, 2.45) is 0 Å². The van der Waals surface area contributed by atoms with Gasteiger partial charge in [0.15, 0.2) is 6.61 Å². The van der Waals surface area contributed by atoms with E-state index in [4.69, 9.17) is 4.74 Å². The van der Waals surface area contributed by atoms with Crippen molar-refractivity contribution in [2.75, 3.05) is 19.7 Å². The molecule has 0 saturated carbocycles. The average molecular weight is 490 g/mol. The first-order valence-corrected chi connectivity index (χ1v) is 10.6. The minimum absolute atomic E-state index is 0.0662. The Balaban J connectivity index is 1.73. The number of rotatable bonds is 8. The van der Waals surface area contributed by atoms with Gasteiger partial charge in [-0.2, -0.15) is 0 Å². The van der Waals surface area contributed by atoms with Gasteiger partial charge in [-0.25, -0.2) is 9.18 Å². The molecule has 1 aliphatic heterocycles. The minimum atomic E-state index is -1.67. The molecule has 0 spiro atoms. The molecule has 13 heteroatoms. The largest absolute Gasteiger partial charge is 0.478 e. The molecule has 1 aliphatic rings. The van der Waals surface area contributed by atoms with Gasteiger partial charge in [0.2, 0.25) is 5.75 Å². The summed E-state index contributed by atoms with van der Waals surface area (Å²) in [7, 11) is 0. The van der Waals surface area contributed by atoms with Crippen LogP contribution in [0, 0.1) is 26.0 Å². The fourth-order valence-electron chi connectivity index (χ4n) is 3.96. The zero-order valence-corrected chi connectivity index (χ0v) is 18.9. The fourth-order valence-corrected chi connectivity index (χ4v) is 3.96. The molecule has 1 fully saturated rings. The second-order valence-electron chi connectivity index (χ2n) is 8.25. The Bertz CT molecular complexity index is 1120. The second-order valence-corrected chi connectivity index (χ2v) is 8.25. The van der Waals surface area contributed by atoms with Gasteiger partial charge in [0.25, 0.3) is 11.6 Å². The van der Waals surface area contributed by atoms with Crippen molar-refractivity contribution in [1.82, 2.24) is 9.80 Å². The first kappa shape index (κ1) is 25.5. The van der Waals surface area contributed by atoms with Crippen molar-refractivity contribution in [3.05, 3.63) is 73.6 Å². The summed E-state index contributed by atoms with van der Waals surface area (Å²) >= 11 is 0. The summed E-state index contributed by atoms with van der Waals surface area (Å²) in [5.41, 5.74) is -1.58. The van der Waals surface area contributed by atoms with Crippen LogP contribution in [0.2, 0.25) is 0 Å². The maximum Gasteiger partial charge on any atom is 0.340 e. The van der Waals surface area contributed by atoms with Crippen LogP contribution >= 0.6 is 0 Å². The summed E-state index contributed by atoms with van der Waals surface area (Å²) < 4.78 is 18.4. The van der Waals surface area contributed by atoms with Gasteiger partial charge >= 0.3 is 11.7 Å². The Morgan fingerprint density at radius 3 is 2.31 bits per heavy atom. The number of nitrogens with zero attached hydrogens (tertiary/aromatic N) is 4. The first-order valence-electron chi connectivity index (χ1n) is 10.6. The first-order chi connectivity index (χ1) is 16.5. The molecule has 0 unspecified atom stereocenters. The maximum atomic E-state index is 13.2. The van der Waals surface area contributed by atoms with Crippen LogP contribution in [-0.2, 0) is 11.3 Å². The summed E-state index contributed by atoms with van der Waals surface area (Å²) in [6.07, 6.45) is 0. The maximum absolute atomic E-state index is 13.2. The molecule has 1 N–H and O–H groups in total. The number of ether oxygens (including phenoxy) is 1. The number of aromatic carboxylic acids is 1. The molecule has 0 bridgehead atoms. The van der Waals surface area contributed by atoms with E-state index in [0.717, 1.165) is 5.56 Å². The lowest BCUT2D eigenvalue weighted by Crippen LogP contribution is -2.58. The lowest BCUT2D eigenvalue weighted by Gasteiger charge is -2.44. The van der Waals surface area contributed by atoms with E-state index in [0.29, 0.717) is 31.8 Å². The van der Waals surface area contributed by atoms with E-state index >= 15 is 0 Å². The Morgan fingerprint density at radius 2 is 1.74 bits per heavy atom. The van der Waals surface area contributed by atoms with Gasteiger partial charge in [-0.05, 0) is 31.5 Å². The van der Waals surface area contributed by atoms with E-state index in [-0.39, 0.29) is 17.9 Å². The van der Waals surface area contributed by atoms with Crippen LogP contribution in [0.15, 0.2) is 36.4 Å². The summed E-state index contributed by atoms with van der Waals surface area (Å²) in [6.45, 7) is 4.43. The average Bonchev–Trinajstić information content (AvgIpc) is 2.80. The number of non-ortho nitro benzene ring substituents is 1. The fraction of sp³-hybridized carbons (Fsp3) is 0.364. The molecule has 0 aromatic heterocycles. The number of carboxylic acids is 1. The van der Waals surface area contributed by atoms with Gasteiger partial charge in [-0.1, -0.05) is 12.1 Å². The summed E-state index contributed by atoms with van der Waals surface area (Å²) in [5.74, 6) is -3.24. The number of hydrogen-bond acceptors (Lipinski definition) is 8. The van der Waals surface area contributed by atoms with Crippen molar-refractivity contribution < 1.29 is 33.7 Å². The number of carboxylic acid groups (broad SMARTS) is 1. The van der Waals surface area contributed by atoms with Crippen molar-refractivity contribution in [1.29, 1.82) is 0 Å². The molecule has 2 atom stereocenters. The monoisotopic (exact) mass is 490 g/mol. The number of piperazine rings is 1. The molecule has 3 rings (SSSR count). The van der Waals surface area contributed by atoms with Crippen LogP contribution < -0.4 is 4.74 Å². The van der Waals surface area contributed by atoms with Crippen LogP contribution in [-0.4, -0.2) is 68.4 Å². The molecule has 12 nitrogen and oxygen atoms in total. The van der Waals surface area contributed by atoms with Crippen molar-refractivity contribution >= 4 is 23.3 Å². The molecule has 35 heavy (non-hydrogen) atoms. The minimum Gasteiger partial charge on any atom is -0.478 e. The predicted octanol–water partition coefficient (Wildman–Crippen LogP) is 2.84. The zero-order chi connectivity index (χ0) is 25.9. The summed E-state index contributed by atoms with van der Waals surface area (Å²) in [4.78, 5) is 48.6. The Hall–Kier alpha value is -4.13. The molecule has 1 saturated heterocycles. The molecule has 2 aromatic rings. The van der Waals surface area contributed by atoms with Crippen LogP contribution in [0.1, 0.15) is 29.8 Å². The number of nitro groups is 2. The van der Waals surface area contributed by atoms with Gasteiger partial charge in [0.05, 0.1) is 15.9 Å². The number of carbonyl (C=O) groups excluding carboxylic acids is 1. The smallest absolute Gasteiger partial charge is 0.340 e. The third-order valence-electron chi connectivity index (χ3n) is 5.77. The van der Waals surface area contributed by atoms with E-state index in [2.05, 4.69) is 4.90 Å². The van der Waals surface area contributed by atoms with Gasteiger partial charge in [0.1, 0.15) is 11.4 Å². The Kier molecular flexibility index (Phi) is 7.59. The zero-order valence-electron chi connectivity index (χ0n) is 18.9. The highest BCUT2D eigenvalue weighted by Crippen LogP contribution is 2.35. The number of nitro benzene ring substituents is 2. The molecule has 0 aliphatic carbocycles.